The van der Waals surface area contributed by atoms with Gasteiger partial charge in [0.25, 0.3) is 0 Å². The van der Waals surface area contributed by atoms with E-state index in [2.05, 4.69) is 36.5 Å². The Bertz CT molecular complexity index is 647. The van der Waals surface area contributed by atoms with E-state index in [-0.39, 0.29) is 10.8 Å². The minimum Gasteiger partial charge on any atom is -0.377 e. The van der Waals surface area contributed by atoms with Gasteiger partial charge in [-0.25, -0.2) is 0 Å². The molecule has 0 amide bonds. The normalized spacial score (nSPS) is 36.0. The molecular formula is C18H18F3N. The minimum absolute atomic E-state index is 0.102. The van der Waals surface area contributed by atoms with Gasteiger partial charge in [0.15, 0.2) is 0 Å². The first-order valence-corrected chi connectivity index (χ1v) is 7.62. The van der Waals surface area contributed by atoms with Crippen molar-refractivity contribution >= 4 is 0 Å². The van der Waals surface area contributed by atoms with Crippen LogP contribution in [0, 0.1) is 12.3 Å². The maximum atomic E-state index is 12.6. The van der Waals surface area contributed by atoms with Gasteiger partial charge in [0.1, 0.15) is 6.04 Å². The van der Waals surface area contributed by atoms with Crippen LogP contribution >= 0.6 is 0 Å². The van der Waals surface area contributed by atoms with Crippen LogP contribution in [-0.2, 0) is 5.41 Å². The Balaban J connectivity index is 1.46. The van der Waals surface area contributed by atoms with Gasteiger partial charge in [0, 0.05) is 6.20 Å². The fraction of sp³-hybridized carbons (Fsp3) is 0.444. The third-order valence-corrected chi connectivity index (χ3v) is 5.55. The van der Waals surface area contributed by atoms with Gasteiger partial charge in [-0.1, -0.05) is 42.0 Å². The number of alkyl halides is 3. The van der Waals surface area contributed by atoms with E-state index in [0.717, 1.165) is 24.8 Å². The van der Waals surface area contributed by atoms with Crippen molar-refractivity contribution in [3.63, 3.8) is 0 Å². The fourth-order valence-electron chi connectivity index (χ4n) is 4.32. The van der Waals surface area contributed by atoms with E-state index in [0.29, 0.717) is 0 Å². The van der Waals surface area contributed by atoms with E-state index < -0.39 is 12.2 Å². The van der Waals surface area contributed by atoms with Crippen LogP contribution in [-0.4, -0.2) is 12.2 Å². The molecule has 1 N–H and O–H groups in total. The number of allylic oxidation sites excluding steroid dienone is 2. The van der Waals surface area contributed by atoms with Gasteiger partial charge in [0.2, 0.25) is 0 Å². The van der Waals surface area contributed by atoms with Crippen LogP contribution in [0.1, 0.15) is 30.4 Å². The number of benzene rings is 1. The Hall–Kier alpha value is -1.71. The lowest BCUT2D eigenvalue weighted by molar-refractivity contribution is -0.143. The molecule has 1 atom stereocenters. The monoisotopic (exact) mass is 305 g/mol. The number of halogens is 3. The molecule has 0 spiro atoms. The summed E-state index contributed by atoms with van der Waals surface area (Å²) in [7, 11) is 0. The first kappa shape index (κ1) is 13.9. The second-order valence-corrected chi connectivity index (χ2v) is 7.10. The van der Waals surface area contributed by atoms with E-state index in [4.69, 9.17) is 0 Å². The molecule has 4 aliphatic rings. The van der Waals surface area contributed by atoms with Gasteiger partial charge in [-0.2, -0.15) is 13.2 Å². The maximum Gasteiger partial charge on any atom is 0.412 e. The van der Waals surface area contributed by atoms with Crippen molar-refractivity contribution in [2.45, 2.75) is 43.8 Å². The molecule has 116 valence electrons. The summed E-state index contributed by atoms with van der Waals surface area (Å²) in [6, 6.07) is 7.12. The highest BCUT2D eigenvalue weighted by Crippen LogP contribution is 2.76. The summed E-state index contributed by atoms with van der Waals surface area (Å²) >= 11 is 0. The van der Waals surface area contributed by atoms with E-state index in [1.54, 1.807) is 12.3 Å². The van der Waals surface area contributed by atoms with E-state index in [1.807, 2.05) is 0 Å². The highest BCUT2D eigenvalue weighted by molar-refractivity contribution is 5.48. The molecule has 2 bridgehead atoms. The minimum atomic E-state index is -4.22. The highest BCUT2D eigenvalue weighted by atomic mass is 19.4. The number of dihydropyridines is 1. The Morgan fingerprint density at radius 3 is 2.18 bits per heavy atom. The first-order chi connectivity index (χ1) is 10.3. The number of rotatable bonds is 2. The molecule has 1 aromatic carbocycles. The maximum absolute atomic E-state index is 12.6. The topological polar surface area (TPSA) is 12.0 Å². The van der Waals surface area contributed by atoms with Gasteiger partial charge in [0.05, 0.1) is 0 Å². The predicted molar refractivity (Wildman–Crippen MR) is 79.3 cm³/mol. The second-order valence-electron chi connectivity index (χ2n) is 7.10. The number of aryl methyl sites for hydroxylation is 1. The van der Waals surface area contributed by atoms with Gasteiger partial charge in [-0.15, -0.1) is 0 Å². The zero-order valence-corrected chi connectivity index (χ0v) is 12.4. The van der Waals surface area contributed by atoms with Crippen molar-refractivity contribution in [3.8, 4) is 0 Å². The Kier molecular flexibility index (Phi) is 2.64. The molecule has 4 heteroatoms. The third-order valence-electron chi connectivity index (χ3n) is 5.55. The molecule has 0 saturated heterocycles. The lowest BCUT2D eigenvalue weighted by Gasteiger charge is -2.72. The summed E-state index contributed by atoms with van der Waals surface area (Å²) < 4.78 is 37.9. The number of hydrogen-bond acceptors (Lipinski definition) is 1. The fourth-order valence-corrected chi connectivity index (χ4v) is 4.32. The predicted octanol–water partition coefficient (Wildman–Crippen LogP) is 4.39. The van der Waals surface area contributed by atoms with Crippen LogP contribution in [0.5, 0.6) is 0 Å². The average molecular weight is 305 g/mol. The Morgan fingerprint density at radius 2 is 1.68 bits per heavy atom. The molecule has 1 heterocycles. The van der Waals surface area contributed by atoms with Crippen LogP contribution in [0.4, 0.5) is 13.2 Å². The zero-order valence-electron chi connectivity index (χ0n) is 12.4. The molecule has 1 aromatic rings. The summed E-state index contributed by atoms with van der Waals surface area (Å²) in [5.74, 6) is 0. The van der Waals surface area contributed by atoms with Crippen LogP contribution < -0.4 is 5.32 Å². The molecule has 0 radical (unpaired) electrons. The molecule has 0 aromatic heterocycles. The SMILES string of the molecule is Cc1ccc(C23CC(C4=CNC(C(F)(F)F)C=C4)(C2)C3)cc1. The van der Waals surface area contributed by atoms with Crippen molar-refractivity contribution in [3.05, 3.63) is 59.3 Å². The van der Waals surface area contributed by atoms with E-state index >= 15 is 0 Å². The third kappa shape index (κ3) is 1.86. The van der Waals surface area contributed by atoms with Crippen LogP contribution in [0.2, 0.25) is 0 Å². The zero-order chi connectivity index (χ0) is 15.6. The van der Waals surface area contributed by atoms with Crippen LogP contribution in [0.25, 0.3) is 0 Å². The Morgan fingerprint density at radius 1 is 1.05 bits per heavy atom. The molecule has 1 unspecified atom stereocenters. The first-order valence-electron chi connectivity index (χ1n) is 7.62. The summed E-state index contributed by atoms with van der Waals surface area (Å²) in [6.45, 7) is 2.08. The van der Waals surface area contributed by atoms with Crippen molar-refractivity contribution in [1.82, 2.24) is 5.32 Å². The van der Waals surface area contributed by atoms with E-state index in [1.165, 1.54) is 17.2 Å². The number of hydrogen-bond donors (Lipinski definition) is 1. The van der Waals surface area contributed by atoms with Crippen molar-refractivity contribution in [2.75, 3.05) is 0 Å². The average Bonchev–Trinajstić information content (AvgIpc) is 2.37. The molecule has 1 aliphatic heterocycles. The largest absolute Gasteiger partial charge is 0.412 e. The smallest absolute Gasteiger partial charge is 0.377 e. The summed E-state index contributed by atoms with van der Waals surface area (Å²) in [6.07, 6.45) is 3.44. The Labute approximate surface area is 127 Å². The lowest BCUT2D eigenvalue weighted by atomic mass is 9.31. The molecule has 1 nitrogen and oxygen atoms in total. The second kappa shape index (κ2) is 4.18. The quantitative estimate of drug-likeness (QED) is 0.854. The van der Waals surface area contributed by atoms with Gasteiger partial charge in [-0.3, -0.25) is 0 Å². The van der Waals surface area contributed by atoms with Crippen molar-refractivity contribution in [1.29, 1.82) is 0 Å². The van der Waals surface area contributed by atoms with Gasteiger partial charge in [-0.05, 0) is 48.2 Å². The van der Waals surface area contributed by atoms with Gasteiger partial charge >= 0.3 is 6.18 Å². The molecular weight excluding hydrogens is 287 g/mol. The van der Waals surface area contributed by atoms with Crippen molar-refractivity contribution in [2.24, 2.45) is 5.41 Å². The highest BCUT2D eigenvalue weighted by Gasteiger charge is 2.69. The molecule has 22 heavy (non-hydrogen) atoms. The summed E-state index contributed by atoms with van der Waals surface area (Å²) in [5.41, 5.74) is 4.03. The lowest BCUT2D eigenvalue weighted by Crippen LogP contribution is -2.65. The summed E-state index contributed by atoms with van der Waals surface area (Å²) in [5, 5.41) is 2.49. The van der Waals surface area contributed by atoms with Crippen LogP contribution in [0.15, 0.2) is 48.2 Å². The molecule has 3 fully saturated rings. The number of nitrogens with one attached hydrogen (secondary N) is 1. The standard InChI is InChI=1S/C18H18F3N/c1-12-2-4-13(5-3-12)16-9-17(10-16,11-16)14-6-7-15(22-8-14)18(19,20)21/h2-8,15,22H,9-11H2,1H3. The van der Waals surface area contributed by atoms with Crippen LogP contribution in [0.3, 0.4) is 0 Å². The molecule has 5 rings (SSSR count). The van der Waals surface area contributed by atoms with Crippen molar-refractivity contribution < 1.29 is 13.2 Å². The molecule has 3 saturated carbocycles. The molecule has 3 aliphatic carbocycles. The van der Waals surface area contributed by atoms with E-state index in [9.17, 15) is 13.2 Å². The van der Waals surface area contributed by atoms with Gasteiger partial charge < -0.3 is 5.32 Å². The summed E-state index contributed by atoms with van der Waals surface area (Å²) in [4.78, 5) is 0.